The van der Waals surface area contributed by atoms with Crippen LogP contribution in [0.3, 0.4) is 0 Å². The van der Waals surface area contributed by atoms with Gasteiger partial charge in [0.2, 0.25) is 0 Å². The molecule has 0 saturated heterocycles. The van der Waals surface area contributed by atoms with Crippen LogP contribution in [0, 0.1) is 0 Å². The first-order valence-electron chi connectivity index (χ1n) is 8.42. The zero-order valence-electron chi connectivity index (χ0n) is 14.5. The van der Waals surface area contributed by atoms with Gasteiger partial charge in [-0.05, 0) is 42.8 Å². The van der Waals surface area contributed by atoms with Gasteiger partial charge in [-0.1, -0.05) is 37.3 Å². The standard InChI is InChI=1S/C20H27NO3/c1-3-12-21(14-17-8-7-11-20(13-17)23-2)15-18(22)16-24-19-9-5-4-6-10-19/h4-11,13,18,22H,3,12,14-16H2,1-2H3/t18-/m0/s1. The summed E-state index contributed by atoms with van der Waals surface area (Å²) in [6.45, 7) is 4.73. The van der Waals surface area contributed by atoms with E-state index in [4.69, 9.17) is 9.47 Å². The van der Waals surface area contributed by atoms with Crippen molar-refractivity contribution in [3.8, 4) is 11.5 Å². The highest BCUT2D eigenvalue weighted by Gasteiger charge is 2.13. The third kappa shape index (κ3) is 6.22. The summed E-state index contributed by atoms with van der Waals surface area (Å²) in [6.07, 6.45) is 0.512. The molecule has 0 aromatic heterocycles. The fourth-order valence-electron chi connectivity index (χ4n) is 2.64. The van der Waals surface area contributed by atoms with E-state index in [2.05, 4.69) is 17.9 Å². The molecule has 1 atom stereocenters. The van der Waals surface area contributed by atoms with Gasteiger partial charge in [-0.2, -0.15) is 0 Å². The summed E-state index contributed by atoms with van der Waals surface area (Å²) in [5.41, 5.74) is 1.18. The van der Waals surface area contributed by atoms with Crippen LogP contribution in [0.15, 0.2) is 54.6 Å². The van der Waals surface area contributed by atoms with Gasteiger partial charge < -0.3 is 14.6 Å². The van der Waals surface area contributed by atoms with Crippen LogP contribution in [-0.2, 0) is 6.54 Å². The molecule has 0 aliphatic heterocycles. The van der Waals surface area contributed by atoms with Gasteiger partial charge >= 0.3 is 0 Å². The van der Waals surface area contributed by atoms with E-state index in [1.807, 2.05) is 48.5 Å². The molecule has 0 radical (unpaired) electrons. The van der Waals surface area contributed by atoms with Crippen molar-refractivity contribution in [3.05, 3.63) is 60.2 Å². The van der Waals surface area contributed by atoms with Crippen LogP contribution in [0.25, 0.3) is 0 Å². The topological polar surface area (TPSA) is 41.9 Å². The first-order chi connectivity index (χ1) is 11.7. The third-order valence-electron chi connectivity index (χ3n) is 3.73. The van der Waals surface area contributed by atoms with Crippen molar-refractivity contribution in [1.29, 1.82) is 0 Å². The monoisotopic (exact) mass is 329 g/mol. The molecule has 4 heteroatoms. The molecule has 130 valence electrons. The molecule has 2 rings (SSSR count). The summed E-state index contributed by atoms with van der Waals surface area (Å²) >= 11 is 0. The summed E-state index contributed by atoms with van der Waals surface area (Å²) in [5, 5.41) is 10.3. The van der Waals surface area contributed by atoms with Gasteiger partial charge in [0.05, 0.1) is 7.11 Å². The lowest BCUT2D eigenvalue weighted by atomic mass is 10.2. The molecule has 0 aliphatic carbocycles. The van der Waals surface area contributed by atoms with Crippen LogP contribution < -0.4 is 9.47 Å². The van der Waals surface area contributed by atoms with Crippen LogP contribution >= 0.6 is 0 Å². The van der Waals surface area contributed by atoms with Crippen LogP contribution in [0.4, 0.5) is 0 Å². The number of aliphatic hydroxyl groups excluding tert-OH is 1. The Morgan fingerprint density at radius 1 is 1.04 bits per heavy atom. The predicted molar refractivity (Wildman–Crippen MR) is 96.5 cm³/mol. The molecule has 2 aromatic carbocycles. The van der Waals surface area contributed by atoms with E-state index >= 15 is 0 Å². The lowest BCUT2D eigenvalue weighted by Gasteiger charge is -2.25. The molecule has 0 fully saturated rings. The second-order valence-electron chi connectivity index (χ2n) is 5.86. The summed E-state index contributed by atoms with van der Waals surface area (Å²) < 4.78 is 10.9. The Hall–Kier alpha value is -2.04. The maximum atomic E-state index is 10.3. The molecular formula is C20H27NO3. The van der Waals surface area contributed by atoms with Gasteiger partial charge in [0.1, 0.15) is 24.2 Å². The first-order valence-corrected chi connectivity index (χ1v) is 8.42. The Kier molecular flexibility index (Phi) is 7.59. The van der Waals surface area contributed by atoms with Gasteiger partial charge in [0, 0.05) is 13.1 Å². The number of hydrogen-bond donors (Lipinski definition) is 1. The third-order valence-corrected chi connectivity index (χ3v) is 3.73. The number of rotatable bonds is 10. The smallest absolute Gasteiger partial charge is 0.119 e. The molecule has 0 unspecified atom stereocenters. The second-order valence-corrected chi connectivity index (χ2v) is 5.86. The van der Waals surface area contributed by atoms with E-state index in [1.165, 1.54) is 5.56 Å². The van der Waals surface area contributed by atoms with Crippen molar-refractivity contribution >= 4 is 0 Å². The molecule has 0 spiro atoms. The van der Waals surface area contributed by atoms with E-state index < -0.39 is 6.10 Å². The molecule has 0 amide bonds. The minimum absolute atomic E-state index is 0.294. The number of hydrogen-bond acceptors (Lipinski definition) is 4. The highest BCUT2D eigenvalue weighted by Crippen LogP contribution is 2.15. The molecule has 2 aromatic rings. The Bertz CT molecular complexity index is 588. The van der Waals surface area contributed by atoms with Gasteiger partial charge in [-0.15, -0.1) is 0 Å². The van der Waals surface area contributed by atoms with Crippen molar-refractivity contribution in [2.24, 2.45) is 0 Å². The molecule has 1 N–H and O–H groups in total. The summed E-state index contributed by atoms with van der Waals surface area (Å²) in [7, 11) is 1.67. The summed E-state index contributed by atoms with van der Waals surface area (Å²) in [5.74, 6) is 1.64. The first kappa shape index (κ1) is 18.3. The normalized spacial score (nSPS) is 12.2. The molecule has 0 saturated carbocycles. The maximum absolute atomic E-state index is 10.3. The number of ether oxygens (including phenoxy) is 2. The van der Waals surface area contributed by atoms with E-state index in [1.54, 1.807) is 7.11 Å². The zero-order chi connectivity index (χ0) is 17.2. The Morgan fingerprint density at radius 3 is 2.50 bits per heavy atom. The fraction of sp³-hybridized carbons (Fsp3) is 0.400. The van der Waals surface area contributed by atoms with Crippen molar-refractivity contribution < 1.29 is 14.6 Å². The average molecular weight is 329 g/mol. The predicted octanol–water partition coefficient (Wildman–Crippen LogP) is 3.35. The van der Waals surface area contributed by atoms with Crippen molar-refractivity contribution in [3.63, 3.8) is 0 Å². The van der Waals surface area contributed by atoms with E-state index in [9.17, 15) is 5.11 Å². The fourth-order valence-corrected chi connectivity index (χ4v) is 2.64. The van der Waals surface area contributed by atoms with Crippen LogP contribution in [0.5, 0.6) is 11.5 Å². The number of nitrogens with zero attached hydrogens (tertiary/aromatic N) is 1. The Morgan fingerprint density at radius 2 is 1.79 bits per heavy atom. The Labute approximate surface area is 144 Å². The largest absolute Gasteiger partial charge is 0.497 e. The number of aliphatic hydroxyl groups is 1. The minimum Gasteiger partial charge on any atom is -0.497 e. The summed E-state index contributed by atoms with van der Waals surface area (Å²) in [6, 6.07) is 17.6. The molecule has 4 nitrogen and oxygen atoms in total. The second kappa shape index (κ2) is 9.96. The van der Waals surface area contributed by atoms with Gasteiger partial charge in [-0.3, -0.25) is 4.90 Å². The van der Waals surface area contributed by atoms with Crippen molar-refractivity contribution in [2.45, 2.75) is 26.0 Å². The van der Waals surface area contributed by atoms with E-state index in [0.29, 0.717) is 13.2 Å². The number of methoxy groups -OCH3 is 1. The molecule has 0 bridgehead atoms. The molecule has 0 aliphatic rings. The Balaban J connectivity index is 1.87. The average Bonchev–Trinajstić information content (AvgIpc) is 2.61. The van der Waals surface area contributed by atoms with Gasteiger partial charge in [0.15, 0.2) is 0 Å². The molecule has 0 heterocycles. The summed E-state index contributed by atoms with van der Waals surface area (Å²) in [4.78, 5) is 2.24. The van der Waals surface area contributed by atoms with Crippen molar-refractivity contribution in [2.75, 3.05) is 26.8 Å². The van der Waals surface area contributed by atoms with Crippen LogP contribution in [0.2, 0.25) is 0 Å². The van der Waals surface area contributed by atoms with E-state index in [-0.39, 0.29) is 0 Å². The number of para-hydroxylation sites is 1. The minimum atomic E-state index is -0.526. The zero-order valence-corrected chi connectivity index (χ0v) is 14.5. The van der Waals surface area contributed by atoms with Crippen molar-refractivity contribution in [1.82, 2.24) is 4.90 Å². The van der Waals surface area contributed by atoms with Crippen LogP contribution in [-0.4, -0.2) is 42.9 Å². The molecular weight excluding hydrogens is 302 g/mol. The SMILES string of the molecule is CCCN(Cc1cccc(OC)c1)C[C@H](O)COc1ccccc1. The lowest BCUT2D eigenvalue weighted by molar-refractivity contribution is 0.0656. The highest BCUT2D eigenvalue weighted by atomic mass is 16.5. The maximum Gasteiger partial charge on any atom is 0.119 e. The van der Waals surface area contributed by atoms with Gasteiger partial charge in [0.25, 0.3) is 0 Å². The van der Waals surface area contributed by atoms with E-state index in [0.717, 1.165) is 31.0 Å². The number of benzene rings is 2. The quantitative estimate of drug-likeness (QED) is 0.726. The molecule has 24 heavy (non-hydrogen) atoms. The van der Waals surface area contributed by atoms with Gasteiger partial charge in [-0.25, -0.2) is 0 Å². The lowest BCUT2D eigenvalue weighted by Crippen LogP contribution is -2.35. The van der Waals surface area contributed by atoms with Crippen LogP contribution in [0.1, 0.15) is 18.9 Å². The highest BCUT2D eigenvalue weighted by molar-refractivity contribution is 5.28.